The third kappa shape index (κ3) is 3.34. The molecule has 0 aliphatic heterocycles. The van der Waals surface area contributed by atoms with Crippen LogP contribution in [0.1, 0.15) is 46.5 Å². The highest BCUT2D eigenvalue weighted by molar-refractivity contribution is 5.77. The van der Waals surface area contributed by atoms with Crippen molar-refractivity contribution in [2.45, 2.75) is 52.6 Å². The first-order valence-corrected chi connectivity index (χ1v) is 7.91. The molecule has 1 heterocycles. The molecule has 1 aliphatic carbocycles. The fourth-order valence-electron chi connectivity index (χ4n) is 3.21. The number of benzene rings is 1. The summed E-state index contributed by atoms with van der Waals surface area (Å²) in [4.78, 5) is 8.84. The quantitative estimate of drug-likeness (QED) is 0.807. The van der Waals surface area contributed by atoms with E-state index in [0.717, 1.165) is 29.7 Å². The lowest BCUT2D eigenvalue weighted by molar-refractivity contribution is 0.0820. The van der Waals surface area contributed by atoms with Crippen LogP contribution >= 0.6 is 0 Å². The second-order valence-electron chi connectivity index (χ2n) is 7.17. The number of hydrogen-bond donors (Lipinski definition) is 0. The van der Waals surface area contributed by atoms with E-state index in [9.17, 15) is 0 Å². The molecule has 0 bridgehead atoms. The molecule has 0 amide bonds. The standard InChI is InChI=1S/C18H24N2O/c1-18(2,3)14-8-10-15(11-9-14)21-17-19-12-13-6-4-5-7-16(13)20-17/h4-7,12,14-15H,8-11H2,1-3H3. The third-order valence-electron chi connectivity index (χ3n) is 4.64. The Balaban J connectivity index is 1.64. The number of rotatable bonds is 2. The molecular formula is C18H24N2O. The van der Waals surface area contributed by atoms with Gasteiger partial charge in [0.05, 0.1) is 5.52 Å². The van der Waals surface area contributed by atoms with Crippen molar-refractivity contribution in [2.75, 3.05) is 0 Å². The van der Waals surface area contributed by atoms with Gasteiger partial charge in [0.1, 0.15) is 6.10 Å². The van der Waals surface area contributed by atoms with Gasteiger partial charge in [0.15, 0.2) is 0 Å². The van der Waals surface area contributed by atoms with Crippen LogP contribution in [0.4, 0.5) is 0 Å². The van der Waals surface area contributed by atoms with Gasteiger partial charge in [0.2, 0.25) is 0 Å². The predicted molar refractivity (Wildman–Crippen MR) is 85.4 cm³/mol. The van der Waals surface area contributed by atoms with Crippen molar-refractivity contribution >= 4 is 10.9 Å². The average molecular weight is 284 g/mol. The first-order chi connectivity index (χ1) is 10.0. The molecule has 3 heteroatoms. The van der Waals surface area contributed by atoms with Crippen LogP contribution in [0.3, 0.4) is 0 Å². The van der Waals surface area contributed by atoms with Gasteiger partial charge in [-0.05, 0) is 43.1 Å². The fraction of sp³-hybridized carbons (Fsp3) is 0.556. The van der Waals surface area contributed by atoms with Gasteiger partial charge in [0, 0.05) is 11.6 Å². The minimum absolute atomic E-state index is 0.268. The Morgan fingerprint density at radius 3 is 2.48 bits per heavy atom. The molecule has 0 saturated heterocycles. The highest BCUT2D eigenvalue weighted by Gasteiger charge is 2.30. The summed E-state index contributed by atoms with van der Waals surface area (Å²) in [6.07, 6.45) is 6.81. The number of nitrogens with zero attached hydrogens (tertiary/aromatic N) is 2. The number of ether oxygens (including phenoxy) is 1. The van der Waals surface area contributed by atoms with Crippen molar-refractivity contribution in [1.82, 2.24) is 9.97 Å². The Morgan fingerprint density at radius 2 is 1.76 bits per heavy atom. The van der Waals surface area contributed by atoms with Gasteiger partial charge in [-0.3, -0.25) is 0 Å². The van der Waals surface area contributed by atoms with E-state index >= 15 is 0 Å². The molecule has 0 unspecified atom stereocenters. The summed E-state index contributed by atoms with van der Waals surface area (Å²) in [6, 6.07) is 8.54. The smallest absolute Gasteiger partial charge is 0.317 e. The van der Waals surface area contributed by atoms with E-state index in [-0.39, 0.29) is 6.10 Å². The number of para-hydroxylation sites is 1. The number of fused-ring (bicyclic) bond motifs is 1. The van der Waals surface area contributed by atoms with Crippen LogP contribution in [0.15, 0.2) is 30.5 Å². The normalized spacial score (nSPS) is 23.2. The lowest BCUT2D eigenvalue weighted by Crippen LogP contribution is -2.30. The summed E-state index contributed by atoms with van der Waals surface area (Å²) < 4.78 is 6.00. The largest absolute Gasteiger partial charge is 0.460 e. The number of aromatic nitrogens is 2. The van der Waals surface area contributed by atoms with Gasteiger partial charge in [-0.25, -0.2) is 4.98 Å². The molecule has 112 valence electrons. The van der Waals surface area contributed by atoms with E-state index in [0.29, 0.717) is 11.4 Å². The Morgan fingerprint density at radius 1 is 1.05 bits per heavy atom. The molecule has 3 rings (SSSR count). The maximum Gasteiger partial charge on any atom is 0.317 e. The van der Waals surface area contributed by atoms with Crippen LogP contribution in [0.25, 0.3) is 10.9 Å². The fourth-order valence-corrected chi connectivity index (χ4v) is 3.21. The van der Waals surface area contributed by atoms with E-state index in [1.54, 1.807) is 0 Å². The highest BCUT2D eigenvalue weighted by atomic mass is 16.5. The summed E-state index contributed by atoms with van der Waals surface area (Å²) in [6.45, 7) is 7.02. The van der Waals surface area contributed by atoms with Crippen molar-refractivity contribution in [1.29, 1.82) is 0 Å². The highest BCUT2D eigenvalue weighted by Crippen LogP contribution is 2.38. The minimum atomic E-state index is 0.268. The molecular weight excluding hydrogens is 260 g/mol. The lowest BCUT2D eigenvalue weighted by atomic mass is 9.72. The SMILES string of the molecule is CC(C)(C)C1CCC(Oc2ncc3ccccc3n2)CC1. The van der Waals surface area contributed by atoms with Crippen LogP contribution < -0.4 is 4.74 Å². The van der Waals surface area contributed by atoms with E-state index in [1.807, 2.05) is 30.5 Å². The Labute approximate surface area is 126 Å². The molecule has 3 nitrogen and oxygen atoms in total. The van der Waals surface area contributed by atoms with E-state index < -0.39 is 0 Å². The zero-order valence-corrected chi connectivity index (χ0v) is 13.2. The van der Waals surface area contributed by atoms with Crippen molar-refractivity contribution < 1.29 is 4.74 Å². The summed E-state index contributed by atoms with van der Waals surface area (Å²) >= 11 is 0. The molecule has 0 N–H and O–H groups in total. The van der Waals surface area contributed by atoms with Gasteiger partial charge >= 0.3 is 6.01 Å². The zero-order valence-electron chi connectivity index (χ0n) is 13.2. The van der Waals surface area contributed by atoms with Gasteiger partial charge < -0.3 is 4.74 Å². The number of hydrogen-bond acceptors (Lipinski definition) is 3. The van der Waals surface area contributed by atoms with Crippen molar-refractivity contribution in [3.8, 4) is 6.01 Å². The topological polar surface area (TPSA) is 35.0 Å². The second kappa shape index (κ2) is 5.63. The molecule has 1 saturated carbocycles. The van der Waals surface area contributed by atoms with Crippen LogP contribution in [-0.2, 0) is 0 Å². The van der Waals surface area contributed by atoms with E-state index in [1.165, 1.54) is 12.8 Å². The van der Waals surface area contributed by atoms with Crippen LogP contribution in [-0.4, -0.2) is 16.1 Å². The van der Waals surface area contributed by atoms with Crippen LogP contribution in [0.5, 0.6) is 6.01 Å². The monoisotopic (exact) mass is 284 g/mol. The van der Waals surface area contributed by atoms with Gasteiger partial charge in [-0.2, -0.15) is 4.98 Å². The third-order valence-corrected chi connectivity index (χ3v) is 4.64. The molecule has 2 aromatic rings. The van der Waals surface area contributed by atoms with Crippen molar-refractivity contribution in [2.24, 2.45) is 11.3 Å². The molecule has 21 heavy (non-hydrogen) atoms. The molecule has 0 spiro atoms. The maximum atomic E-state index is 6.00. The first kappa shape index (κ1) is 14.3. The summed E-state index contributed by atoms with van der Waals surface area (Å²) in [7, 11) is 0. The summed E-state index contributed by atoms with van der Waals surface area (Å²) in [5, 5.41) is 1.06. The molecule has 1 aromatic heterocycles. The average Bonchev–Trinajstić information content (AvgIpc) is 2.47. The second-order valence-corrected chi connectivity index (χ2v) is 7.17. The molecule has 1 aliphatic rings. The Hall–Kier alpha value is -1.64. The summed E-state index contributed by atoms with van der Waals surface area (Å²) in [5.41, 5.74) is 1.36. The van der Waals surface area contributed by atoms with E-state index in [4.69, 9.17) is 4.74 Å². The van der Waals surface area contributed by atoms with Crippen molar-refractivity contribution in [3.63, 3.8) is 0 Å². The zero-order chi connectivity index (χ0) is 14.9. The molecule has 0 radical (unpaired) electrons. The van der Waals surface area contributed by atoms with Crippen LogP contribution in [0, 0.1) is 11.3 Å². The predicted octanol–water partition coefficient (Wildman–Crippen LogP) is 4.61. The summed E-state index contributed by atoms with van der Waals surface area (Å²) in [5.74, 6) is 0.801. The van der Waals surface area contributed by atoms with Gasteiger partial charge in [-0.15, -0.1) is 0 Å². The molecule has 1 aromatic carbocycles. The Kier molecular flexibility index (Phi) is 3.83. The van der Waals surface area contributed by atoms with Crippen LogP contribution in [0.2, 0.25) is 0 Å². The van der Waals surface area contributed by atoms with Gasteiger partial charge in [0.25, 0.3) is 0 Å². The molecule has 1 fully saturated rings. The maximum absolute atomic E-state index is 6.00. The van der Waals surface area contributed by atoms with E-state index in [2.05, 4.69) is 30.7 Å². The first-order valence-electron chi connectivity index (χ1n) is 7.91. The minimum Gasteiger partial charge on any atom is -0.460 e. The molecule has 0 atom stereocenters. The lowest BCUT2D eigenvalue weighted by Gasteiger charge is -2.36. The van der Waals surface area contributed by atoms with Gasteiger partial charge in [-0.1, -0.05) is 39.0 Å². The Bertz CT molecular complexity index is 610. The van der Waals surface area contributed by atoms with Crippen molar-refractivity contribution in [3.05, 3.63) is 30.5 Å².